The Morgan fingerprint density at radius 3 is 2.87 bits per heavy atom. The number of aromatic amines is 1. The first kappa shape index (κ1) is 16.9. The molecule has 0 radical (unpaired) electrons. The van der Waals surface area contributed by atoms with E-state index in [9.17, 15) is 9.59 Å². The zero-order valence-corrected chi connectivity index (χ0v) is 13.7. The van der Waals surface area contributed by atoms with Crippen molar-refractivity contribution in [3.63, 3.8) is 0 Å². The topological polar surface area (TPSA) is 78.1 Å². The number of amides is 1. The van der Waals surface area contributed by atoms with Crippen molar-refractivity contribution in [1.82, 2.24) is 20.2 Å². The van der Waals surface area contributed by atoms with Crippen LogP contribution >= 0.6 is 0 Å². The van der Waals surface area contributed by atoms with Crippen molar-refractivity contribution in [2.75, 3.05) is 13.6 Å². The van der Waals surface area contributed by atoms with Gasteiger partial charge in [-0.25, -0.2) is 0 Å². The normalized spacial score (nSPS) is 10.8. The number of H-pyrrole nitrogens is 1. The number of hydrogen-bond acceptors (Lipinski definition) is 4. The average Bonchev–Trinajstić information content (AvgIpc) is 2.53. The van der Waals surface area contributed by atoms with Gasteiger partial charge in [0, 0.05) is 42.0 Å². The molecule has 0 bridgehead atoms. The number of likely N-dealkylation sites (N-methyl/N-ethyl adjacent to an activating group) is 1. The van der Waals surface area contributed by atoms with Gasteiger partial charge in [0.15, 0.2) is 5.43 Å². The molecule has 0 saturated heterocycles. The molecule has 122 valence electrons. The van der Waals surface area contributed by atoms with Crippen LogP contribution in [0.25, 0.3) is 0 Å². The third kappa shape index (κ3) is 4.75. The van der Waals surface area contributed by atoms with Gasteiger partial charge in [0.1, 0.15) is 0 Å². The van der Waals surface area contributed by atoms with E-state index in [1.165, 1.54) is 0 Å². The third-order valence-electron chi connectivity index (χ3n) is 3.67. The van der Waals surface area contributed by atoms with Crippen molar-refractivity contribution in [3.05, 3.63) is 63.3 Å². The number of aryl methyl sites for hydroxylation is 1. The molecule has 6 heteroatoms. The lowest BCUT2D eigenvalue weighted by Gasteiger charge is -2.16. The molecular weight excluding hydrogens is 292 g/mol. The van der Waals surface area contributed by atoms with E-state index in [0.29, 0.717) is 24.2 Å². The van der Waals surface area contributed by atoms with E-state index in [1.807, 2.05) is 24.1 Å². The van der Waals surface area contributed by atoms with Gasteiger partial charge >= 0.3 is 0 Å². The quantitative estimate of drug-likeness (QED) is 0.838. The van der Waals surface area contributed by atoms with Gasteiger partial charge in [-0.15, -0.1) is 0 Å². The van der Waals surface area contributed by atoms with Gasteiger partial charge in [-0.05, 0) is 32.5 Å². The molecule has 0 aromatic carbocycles. The van der Waals surface area contributed by atoms with Crippen LogP contribution in [0.1, 0.15) is 22.4 Å². The smallest absolute Gasteiger partial charge is 0.234 e. The number of aromatic nitrogens is 2. The maximum Gasteiger partial charge on any atom is 0.234 e. The van der Waals surface area contributed by atoms with E-state index in [4.69, 9.17) is 0 Å². The standard InChI is InChI=1S/C17H22N4O2/c1-12-7-19-15(13(2)17(12)23)9-20-16(22)11-21(3)10-14-5-4-6-18-8-14/h4-8H,9-11H2,1-3H3,(H,19,23)(H,20,22). The number of hydrogen-bond donors (Lipinski definition) is 2. The molecule has 1 amide bonds. The second-order valence-electron chi connectivity index (χ2n) is 5.71. The summed E-state index contributed by atoms with van der Waals surface area (Å²) >= 11 is 0. The fourth-order valence-corrected chi connectivity index (χ4v) is 2.33. The molecule has 2 aromatic rings. The minimum absolute atomic E-state index is 0.0155. The predicted octanol–water partition coefficient (Wildman–Crippen LogP) is 1.13. The molecule has 2 N–H and O–H groups in total. The van der Waals surface area contributed by atoms with Crippen molar-refractivity contribution in [2.45, 2.75) is 26.9 Å². The van der Waals surface area contributed by atoms with Gasteiger partial charge in [0.2, 0.25) is 5.91 Å². The van der Waals surface area contributed by atoms with Crippen molar-refractivity contribution in [2.24, 2.45) is 0 Å². The minimum atomic E-state index is -0.0859. The summed E-state index contributed by atoms with van der Waals surface area (Å²) in [4.78, 5) is 32.9. The van der Waals surface area contributed by atoms with Gasteiger partial charge in [0.25, 0.3) is 0 Å². The zero-order valence-electron chi connectivity index (χ0n) is 13.7. The first-order chi connectivity index (χ1) is 11.0. The maximum absolute atomic E-state index is 12.0. The van der Waals surface area contributed by atoms with Crippen molar-refractivity contribution in [3.8, 4) is 0 Å². The lowest BCUT2D eigenvalue weighted by Crippen LogP contribution is -2.35. The van der Waals surface area contributed by atoms with Crippen molar-refractivity contribution < 1.29 is 4.79 Å². The monoisotopic (exact) mass is 314 g/mol. The molecule has 0 aliphatic rings. The fourth-order valence-electron chi connectivity index (χ4n) is 2.33. The second kappa shape index (κ2) is 7.69. The van der Waals surface area contributed by atoms with E-state index in [0.717, 1.165) is 11.3 Å². The summed E-state index contributed by atoms with van der Waals surface area (Å²) in [5.41, 5.74) is 3.13. The van der Waals surface area contributed by atoms with Gasteiger partial charge in [0.05, 0.1) is 13.1 Å². The number of nitrogens with zero attached hydrogens (tertiary/aromatic N) is 2. The molecule has 0 saturated carbocycles. The molecule has 0 unspecified atom stereocenters. The molecule has 2 aromatic heterocycles. The molecule has 0 fully saturated rings. The average molecular weight is 314 g/mol. The molecular formula is C17H22N4O2. The van der Waals surface area contributed by atoms with Crippen LogP contribution < -0.4 is 10.7 Å². The SMILES string of the molecule is Cc1c[nH]c(CNC(=O)CN(C)Cc2cccnc2)c(C)c1=O. The Bertz CT molecular complexity index is 725. The molecule has 0 aliphatic heterocycles. The fraction of sp³-hybridized carbons (Fsp3) is 0.353. The van der Waals surface area contributed by atoms with E-state index >= 15 is 0 Å². The Balaban J connectivity index is 1.86. The van der Waals surface area contributed by atoms with E-state index < -0.39 is 0 Å². The largest absolute Gasteiger partial charge is 0.363 e. The lowest BCUT2D eigenvalue weighted by atomic mass is 10.1. The van der Waals surface area contributed by atoms with E-state index in [1.54, 1.807) is 32.4 Å². The number of carbonyl (C=O) groups is 1. The first-order valence-electron chi connectivity index (χ1n) is 7.49. The highest BCUT2D eigenvalue weighted by atomic mass is 16.2. The Morgan fingerprint density at radius 1 is 1.39 bits per heavy atom. The maximum atomic E-state index is 12.0. The molecule has 6 nitrogen and oxygen atoms in total. The zero-order chi connectivity index (χ0) is 16.8. The van der Waals surface area contributed by atoms with Crippen LogP contribution in [0.3, 0.4) is 0 Å². The van der Waals surface area contributed by atoms with Crippen LogP contribution in [0.15, 0.2) is 35.5 Å². The second-order valence-corrected chi connectivity index (χ2v) is 5.71. The minimum Gasteiger partial charge on any atom is -0.363 e. The lowest BCUT2D eigenvalue weighted by molar-refractivity contribution is -0.122. The summed E-state index contributed by atoms with van der Waals surface area (Å²) in [6.07, 6.45) is 5.18. The highest BCUT2D eigenvalue weighted by Gasteiger charge is 2.09. The molecule has 0 atom stereocenters. The van der Waals surface area contributed by atoms with Gasteiger partial charge in [-0.1, -0.05) is 6.07 Å². The van der Waals surface area contributed by atoms with Crippen LogP contribution in [0, 0.1) is 13.8 Å². The number of nitrogens with one attached hydrogen (secondary N) is 2. The third-order valence-corrected chi connectivity index (χ3v) is 3.67. The first-order valence-corrected chi connectivity index (χ1v) is 7.49. The Labute approximate surface area is 135 Å². The summed E-state index contributed by atoms with van der Waals surface area (Å²) in [6.45, 7) is 4.79. The molecule has 0 aliphatic carbocycles. The molecule has 0 spiro atoms. The van der Waals surface area contributed by atoms with Gasteiger partial charge < -0.3 is 10.3 Å². The Hall–Kier alpha value is -2.47. The van der Waals surface area contributed by atoms with Crippen LogP contribution in [-0.4, -0.2) is 34.4 Å². The summed E-state index contributed by atoms with van der Waals surface area (Å²) in [5, 5.41) is 2.84. The number of pyridine rings is 2. The number of rotatable bonds is 6. The highest BCUT2D eigenvalue weighted by molar-refractivity contribution is 5.77. The summed E-state index contributed by atoms with van der Waals surface area (Å²) in [5.74, 6) is -0.0859. The summed E-state index contributed by atoms with van der Waals surface area (Å²) in [6, 6.07) is 3.85. The van der Waals surface area contributed by atoms with Crippen LogP contribution in [0.4, 0.5) is 0 Å². The predicted molar refractivity (Wildman–Crippen MR) is 89.0 cm³/mol. The van der Waals surface area contributed by atoms with Crippen molar-refractivity contribution >= 4 is 5.91 Å². The van der Waals surface area contributed by atoms with Crippen molar-refractivity contribution in [1.29, 1.82) is 0 Å². The summed E-state index contributed by atoms with van der Waals surface area (Å²) in [7, 11) is 1.88. The van der Waals surface area contributed by atoms with Crippen LogP contribution in [0.5, 0.6) is 0 Å². The van der Waals surface area contributed by atoms with Crippen LogP contribution in [-0.2, 0) is 17.9 Å². The van der Waals surface area contributed by atoms with E-state index in [2.05, 4.69) is 15.3 Å². The highest BCUT2D eigenvalue weighted by Crippen LogP contribution is 2.02. The van der Waals surface area contributed by atoms with E-state index in [-0.39, 0.29) is 17.9 Å². The summed E-state index contributed by atoms with van der Waals surface area (Å²) < 4.78 is 0. The molecule has 23 heavy (non-hydrogen) atoms. The molecule has 2 heterocycles. The number of carbonyl (C=O) groups excluding carboxylic acids is 1. The Kier molecular flexibility index (Phi) is 5.65. The van der Waals surface area contributed by atoms with Gasteiger partial charge in [-0.2, -0.15) is 0 Å². The van der Waals surface area contributed by atoms with Crippen LogP contribution in [0.2, 0.25) is 0 Å². The molecule has 2 rings (SSSR count). The Morgan fingerprint density at radius 2 is 2.17 bits per heavy atom. The van der Waals surface area contributed by atoms with Gasteiger partial charge in [-0.3, -0.25) is 19.5 Å².